The predicted octanol–water partition coefficient (Wildman–Crippen LogP) is 0.856. The van der Waals surface area contributed by atoms with Gasteiger partial charge in [-0.15, -0.1) is 0 Å². The minimum atomic E-state index is -0.521. The van der Waals surface area contributed by atoms with Gasteiger partial charge in [0.15, 0.2) is 0 Å². The van der Waals surface area contributed by atoms with E-state index in [9.17, 15) is 9.59 Å². The molecule has 0 saturated carbocycles. The Labute approximate surface area is 138 Å². The lowest BCUT2D eigenvalue weighted by Crippen LogP contribution is -2.40. The second kappa shape index (κ2) is 6.94. The van der Waals surface area contributed by atoms with E-state index in [1.54, 1.807) is 13.8 Å². The molecule has 0 radical (unpaired) electrons. The van der Waals surface area contributed by atoms with Crippen LogP contribution in [-0.4, -0.2) is 67.1 Å². The maximum absolute atomic E-state index is 12.4. The minimum absolute atomic E-state index is 0.248. The Morgan fingerprint density at radius 2 is 2.13 bits per heavy atom. The molecule has 3 aliphatic rings. The molecule has 1 fully saturated rings. The molecule has 0 N–H and O–H groups in total. The van der Waals surface area contributed by atoms with Crippen LogP contribution in [0.1, 0.15) is 13.8 Å². The van der Waals surface area contributed by atoms with E-state index >= 15 is 0 Å². The number of hydrogen-bond donors (Lipinski definition) is 0. The van der Waals surface area contributed by atoms with Crippen LogP contribution in [-0.2, 0) is 19.1 Å². The zero-order valence-electron chi connectivity index (χ0n) is 13.2. The molecule has 0 bridgehead atoms. The number of amidine groups is 1. The Morgan fingerprint density at radius 1 is 1.39 bits per heavy atom. The monoisotopic (exact) mass is 337 g/mol. The van der Waals surface area contributed by atoms with E-state index in [0.29, 0.717) is 47.7 Å². The number of carbonyl (C=O) groups excluding carboxylic acids is 2. The highest BCUT2D eigenvalue weighted by Gasteiger charge is 2.40. The Balaban J connectivity index is 1.74. The zero-order valence-corrected chi connectivity index (χ0v) is 14.0. The van der Waals surface area contributed by atoms with Crippen LogP contribution >= 0.6 is 11.8 Å². The summed E-state index contributed by atoms with van der Waals surface area (Å²) < 4.78 is 10.4. The van der Waals surface area contributed by atoms with Crippen LogP contribution in [0.3, 0.4) is 0 Å². The average molecular weight is 337 g/mol. The first kappa shape index (κ1) is 16.4. The van der Waals surface area contributed by atoms with Gasteiger partial charge in [0.2, 0.25) is 0 Å². The number of nitrogens with zero attached hydrogens (tertiary/aromatic N) is 3. The lowest BCUT2D eigenvalue weighted by molar-refractivity contribution is -0.137. The smallest absolute Gasteiger partial charge is 0.344 e. The van der Waals surface area contributed by atoms with Crippen molar-refractivity contribution in [3.05, 3.63) is 10.5 Å². The topological polar surface area (TPSA) is 80.6 Å². The Morgan fingerprint density at radius 3 is 2.83 bits per heavy atom. The molecule has 1 amide bonds. The highest BCUT2D eigenvalue weighted by Crippen LogP contribution is 2.41. The Bertz CT molecular complexity index is 620. The molecule has 1 unspecified atom stereocenters. The maximum Gasteiger partial charge on any atom is 0.344 e. The maximum atomic E-state index is 12.4. The summed E-state index contributed by atoms with van der Waals surface area (Å²) >= 11 is 1.23. The summed E-state index contributed by atoms with van der Waals surface area (Å²) in [5.41, 5.74) is 0.686. The molecular formula is C15H19N3O4S. The first-order valence-corrected chi connectivity index (χ1v) is 8.47. The van der Waals surface area contributed by atoms with Crippen LogP contribution < -0.4 is 0 Å². The van der Waals surface area contributed by atoms with E-state index in [2.05, 4.69) is 14.9 Å². The van der Waals surface area contributed by atoms with Gasteiger partial charge in [-0.1, -0.05) is 11.8 Å². The average Bonchev–Trinajstić information content (AvgIpc) is 2.86. The number of morpholine rings is 1. The second-order valence-corrected chi connectivity index (χ2v) is 6.50. The van der Waals surface area contributed by atoms with Gasteiger partial charge in [-0.25, -0.2) is 9.79 Å². The fraction of sp³-hybridized carbons (Fsp3) is 0.600. The highest BCUT2D eigenvalue weighted by atomic mass is 32.2. The molecule has 1 saturated heterocycles. The predicted molar refractivity (Wildman–Crippen MR) is 87.6 cm³/mol. The number of thioether (sulfide) groups is 1. The summed E-state index contributed by atoms with van der Waals surface area (Å²) in [6.45, 7) is 7.34. The van der Waals surface area contributed by atoms with Gasteiger partial charge in [-0.2, -0.15) is 4.99 Å². The Hall–Kier alpha value is -1.51. The van der Waals surface area contributed by atoms with E-state index in [1.165, 1.54) is 11.8 Å². The molecule has 3 aliphatic heterocycles. The summed E-state index contributed by atoms with van der Waals surface area (Å²) in [7, 11) is 0. The first-order valence-electron chi connectivity index (χ1n) is 7.66. The SMILES string of the molecule is CCOC(=O)C1=C(C)C2C(=O)N=C(CN3CCOCC3)N=C2S1. The second-order valence-electron chi connectivity index (χ2n) is 5.47. The summed E-state index contributed by atoms with van der Waals surface area (Å²) in [6, 6.07) is 0. The standard InChI is InChI=1S/C15H19N3O4S/c1-3-22-15(20)12-9(2)11-13(19)16-10(17-14(11)23-12)8-18-4-6-21-7-5-18/h11H,3-8H2,1-2H3. The van der Waals surface area contributed by atoms with Crippen molar-refractivity contribution in [2.45, 2.75) is 13.8 Å². The van der Waals surface area contributed by atoms with Crippen molar-refractivity contribution in [1.82, 2.24) is 4.90 Å². The molecule has 1 atom stereocenters. The molecule has 3 rings (SSSR count). The molecule has 124 valence electrons. The third kappa shape index (κ3) is 3.39. The van der Waals surface area contributed by atoms with Crippen molar-refractivity contribution < 1.29 is 19.1 Å². The third-order valence-corrected chi connectivity index (χ3v) is 5.13. The van der Waals surface area contributed by atoms with Crippen LogP contribution in [0.4, 0.5) is 0 Å². The van der Waals surface area contributed by atoms with Gasteiger partial charge in [0, 0.05) is 13.1 Å². The summed E-state index contributed by atoms with van der Waals surface area (Å²) in [5.74, 6) is -0.654. The summed E-state index contributed by atoms with van der Waals surface area (Å²) in [4.78, 5) is 35.6. The van der Waals surface area contributed by atoms with Crippen LogP contribution in [0.15, 0.2) is 20.5 Å². The number of hydrogen-bond acceptors (Lipinski definition) is 7. The van der Waals surface area contributed by atoms with Gasteiger partial charge in [-0.05, 0) is 19.4 Å². The lowest BCUT2D eigenvalue weighted by atomic mass is 10.00. The molecule has 3 heterocycles. The molecule has 8 heteroatoms. The molecule has 0 aromatic rings. The van der Waals surface area contributed by atoms with Crippen molar-refractivity contribution in [1.29, 1.82) is 0 Å². The fourth-order valence-electron chi connectivity index (χ4n) is 2.71. The molecule has 0 aromatic heterocycles. The largest absolute Gasteiger partial charge is 0.462 e. The van der Waals surface area contributed by atoms with Gasteiger partial charge >= 0.3 is 5.97 Å². The van der Waals surface area contributed by atoms with Crippen LogP contribution in [0.5, 0.6) is 0 Å². The minimum Gasteiger partial charge on any atom is -0.462 e. The molecule has 0 aliphatic carbocycles. The fourth-order valence-corrected chi connectivity index (χ4v) is 3.89. The molecule has 7 nitrogen and oxygen atoms in total. The molecule has 23 heavy (non-hydrogen) atoms. The number of esters is 1. The quantitative estimate of drug-likeness (QED) is 0.708. The van der Waals surface area contributed by atoms with E-state index in [1.807, 2.05) is 0 Å². The molecule has 0 aromatic carbocycles. The lowest BCUT2D eigenvalue weighted by Gasteiger charge is -2.27. The van der Waals surface area contributed by atoms with E-state index in [-0.39, 0.29) is 5.91 Å². The van der Waals surface area contributed by atoms with Gasteiger partial charge in [-0.3, -0.25) is 9.69 Å². The van der Waals surface area contributed by atoms with Gasteiger partial charge < -0.3 is 9.47 Å². The highest BCUT2D eigenvalue weighted by molar-refractivity contribution is 8.18. The van der Waals surface area contributed by atoms with Crippen LogP contribution in [0.25, 0.3) is 0 Å². The number of ether oxygens (including phenoxy) is 2. The number of aliphatic imine (C=N–C) groups is 2. The van der Waals surface area contributed by atoms with Gasteiger partial charge in [0.25, 0.3) is 5.91 Å². The van der Waals surface area contributed by atoms with Crippen molar-refractivity contribution in [3.8, 4) is 0 Å². The van der Waals surface area contributed by atoms with Crippen LogP contribution in [0.2, 0.25) is 0 Å². The zero-order chi connectivity index (χ0) is 16.4. The van der Waals surface area contributed by atoms with Crippen molar-refractivity contribution >= 4 is 34.5 Å². The first-order chi connectivity index (χ1) is 11.1. The van der Waals surface area contributed by atoms with Crippen LogP contribution in [0, 0.1) is 5.92 Å². The van der Waals surface area contributed by atoms with Gasteiger partial charge in [0.05, 0.1) is 36.3 Å². The van der Waals surface area contributed by atoms with Gasteiger partial charge in [0.1, 0.15) is 11.8 Å². The number of rotatable bonds is 4. The Kier molecular flexibility index (Phi) is 4.93. The van der Waals surface area contributed by atoms with Crippen molar-refractivity contribution in [2.75, 3.05) is 39.5 Å². The molecular weight excluding hydrogens is 318 g/mol. The normalized spacial score (nSPS) is 25.1. The van der Waals surface area contributed by atoms with Crippen molar-refractivity contribution in [3.63, 3.8) is 0 Å². The summed E-state index contributed by atoms with van der Waals surface area (Å²) in [6.07, 6.45) is 0. The van der Waals surface area contributed by atoms with E-state index in [0.717, 1.165) is 13.1 Å². The van der Waals surface area contributed by atoms with E-state index in [4.69, 9.17) is 9.47 Å². The molecule has 0 spiro atoms. The number of carbonyl (C=O) groups is 2. The van der Waals surface area contributed by atoms with E-state index < -0.39 is 11.9 Å². The number of fused-ring (bicyclic) bond motifs is 1. The third-order valence-electron chi connectivity index (χ3n) is 3.90. The van der Waals surface area contributed by atoms with Crippen molar-refractivity contribution in [2.24, 2.45) is 15.9 Å². The summed E-state index contributed by atoms with van der Waals surface area (Å²) in [5, 5.41) is 0.633. The number of amides is 1.